The number of halogens is 4. The maximum atomic E-state index is 13.0. The fourth-order valence-electron chi connectivity index (χ4n) is 4.75. The number of fused-ring (bicyclic) bond motifs is 1. The van der Waals surface area contributed by atoms with Gasteiger partial charge in [-0.05, 0) is 84.7 Å². The lowest BCUT2D eigenvalue weighted by Crippen LogP contribution is -2.40. The van der Waals surface area contributed by atoms with Crippen molar-refractivity contribution in [3.63, 3.8) is 0 Å². The molecule has 0 bridgehead atoms. The largest absolute Gasteiger partial charge is 0.426 e. The van der Waals surface area contributed by atoms with E-state index in [-0.39, 0.29) is 22.6 Å². The van der Waals surface area contributed by atoms with Gasteiger partial charge in [0.1, 0.15) is 9.96 Å². The van der Waals surface area contributed by atoms with Crippen LogP contribution < -0.4 is 9.46 Å². The normalized spacial score (nSPS) is 18.0. The van der Waals surface area contributed by atoms with E-state index < -0.39 is 27.7 Å². The molecule has 3 aromatic rings. The van der Waals surface area contributed by atoms with Gasteiger partial charge in [0, 0.05) is 6.04 Å². The monoisotopic (exact) mass is 585 g/mol. The molecule has 38 heavy (non-hydrogen) atoms. The third-order valence-corrected chi connectivity index (χ3v) is 9.81. The lowest BCUT2D eigenvalue weighted by molar-refractivity contribution is -0.137. The molecular formula is C27H27ClF3NO4S2. The van der Waals surface area contributed by atoms with Gasteiger partial charge in [0.05, 0.1) is 16.3 Å². The second-order valence-electron chi connectivity index (χ2n) is 9.35. The Morgan fingerprint density at radius 2 is 1.84 bits per heavy atom. The Bertz CT molecular complexity index is 1390. The average molecular weight is 586 g/mol. The third kappa shape index (κ3) is 7.16. The number of hydrogen-bond donors (Lipinski definition) is 1. The summed E-state index contributed by atoms with van der Waals surface area (Å²) in [5.41, 5.74) is 1.70. The molecule has 0 amide bonds. The first-order chi connectivity index (χ1) is 17.9. The number of nitrogens with one attached hydrogen (secondary N) is 1. The lowest BCUT2D eigenvalue weighted by Gasteiger charge is -2.25. The first-order valence-corrected chi connectivity index (χ1v) is 14.9. The highest BCUT2D eigenvalue weighted by atomic mass is 35.5. The zero-order valence-corrected chi connectivity index (χ0v) is 22.9. The van der Waals surface area contributed by atoms with E-state index in [0.717, 1.165) is 47.4 Å². The smallest absolute Gasteiger partial charge is 0.416 e. The second kappa shape index (κ2) is 11.8. The minimum atomic E-state index is -4.44. The van der Waals surface area contributed by atoms with Gasteiger partial charge in [-0.1, -0.05) is 43.1 Å². The standard InChI is InChI=1S/C27H27ClF3NO4S2/c1-2-3-19-15-20-16-22(36-25(33)14-17-4-8-21(9-5-17)27(29,30)31)10-6-18(20)7-11-23(19)32-38(34,35)26-13-12-24(28)37-26/h4-6,8-10,12-13,16,19,23,32H,2-3,7,11,14-15H2,1H3. The van der Waals surface area contributed by atoms with Crippen molar-refractivity contribution in [1.82, 2.24) is 4.72 Å². The van der Waals surface area contributed by atoms with Crippen LogP contribution in [0.1, 0.15) is 48.4 Å². The van der Waals surface area contributed by atoms with Crippen molar-refractivity contribution >= 4 is 38.9 Å². The van der Waals surface area contributed by atoms with E-state index in [1.807, 2.05) is 6.07 Å². The summed E-state index contributed by atoms with van der Waals surface area (Å²) in [5.74, 6) is -0.184. The molecule has 2 unspecified atom stereocenters. The number of carbonyl (C=O) groups is 1. The summed E-state index contributed by atoms with van der Waals surface area (Å²) in [7, 11) is -3.71. The van der Waals surface area contributed by atoms with Crippen LogP contribution in [0.15, 0.2) is 58.8 Å². The fourth-order valence-corrected chi connectivity index (χ4v) is 7.58. The van der Waals surface area contributed by atoms with Gasteiger partial charge in [-0.15, -0.1) is 11.3 Å². The highest BCUT2D eigenvalue weighted by Gasteiger charge is 2.31. The van der Waals surface area contributed by atoms with E-state index in [0.29, 0.717) is 34.9 Å². The Kier molecular flexibility index (Phi) is 8.86. The van der Waals surface area contributed by atoms with Crippen molar-refractivity contribution in [3.8, 4) is 5.75 Å². The van der Waals surface area contributed by atoms with E-state index in [4.69, 9.17) is 16.3 Å². The quantitative estimate of drug-likeness (QED) is 0.179. The van der Waals surface area contributed by atoms with Gasteiger partial charge in [-0.2, -0.15) is 13.2 Å². The summed E-state index contributed by atoms with van der Waals surface area (Å²) in [4.78, 5) is 12.5. The van der Waals surface area contributed by atoms with Crippen LogP contribution in [0.25, 0.3) is 0 Å². The molecule has 11 heteroatoms. The summed E-state index contributed by atoms with van der Waals surface area (Å²) in [6, 6.07) is 12.6. The van der Waals surface area contributed by atoms with E-state index in [9.17, 15) is 26.4 Å². The summed E-state index contributed by atoms with van der Waals surface area (Å²) >= 11 is 6.96. The van der Waals surface area contributed by atoms with Gasteiger partial charge < -0.3 is 4.74 Å². The van der Waals surface area contributed by atoms with Crippen LogP contribution >= 0.6 is 22.9 Å². The average Bonchev–Trinajstić information content (AvgIpc) is 3.22. The Morgan fingerprint density at radius 1 is 1.11 bits per heavy atom. The molecule has 0 fully saturated rings. The lowest BCUT2D eigenvalue weighted by atomic mass is 9.89. The van der Waals surface area contributed by atoms with Crippen LogP contribution in [0.3, 0.4) is 0 Å². The number of alkyl halides is 3. The fraction of sp³-hybridized carbons (Fsp3) is 0.370. The molecular weight excluding hydrogens is 559 g/mol. The minimum Gasteiger partial charge on any atom is -0.426 e. The second-order valence-corrected chi connectivity index (χ2v) is 13.0. The number of ether oxygens (including phenoxy) is 1. The van der Waals surface area contributed by atoms with Gasteiger partial charge in [0.2, 0.25) is 10.0 Å². The number of aryl methyl sites for hydroxylation is 1. The molecule has 0 saturated carbocycles. The molecule has 1 N–H and O–H groups in total. The zero-order chi connectivity index (χ0) is 27.5. The van der Waals surface area contributed by atoms with Gasteiger partial charge >= 0.3 is 12.1 Å². The molecule has 1 aliphatic carbocycles. The van der Waals surface area contributed by atoms with Gasteiger partial charge in [0.25, 0.3) is 0 Å². The molecule has 0 radical (unpaired) electrons. The summed E-state index contributed by atoms with van der Waals surface area (Å²) < 4.78 is 73.2. The molecule has 4 rings (SSSR count). The summed E-state index contributed by atoms with van der Waals surface area (Å²) in [5, 5.41) is 0. The zero-order valence-electron chi connectivity index (χ0n) is 20.6. The molecule has 0 saturated heterocycles. The van der Waals surface area contributed by atoms with Crippen LogP contribution in [0.4, 0.5) is 13.2 Å². The van der Waals surface area contributed by atoms with E-state index in [1.165, 1.54) is 18.2 Å². The van der Waals surface area contributed by atoms with Crippen molar-refractivity contribution in [2.75, 3.05) is 0 Å². The summed E-state index contributed by atoms with van der Waals surface area (Å²) in [6.07, 6.45) is -1.000. The van der Waals surface area contributed by atoms with E-state index in [1.54, 1.807) is 18.2 Å². The Balaban J connectivity index is 1.45. The van der Waals surface area contributed by atoms with Crippen molar-refractivity contribution in [1.29, 1.82) is 0 Å². The number of rotatable bonds is 8. The Hall–Kier alpha value is -2.40. The van der Waals surface area contributed by atoms with Crippen LogP contribution in [-0.4, -0.2) is 20.4 Å². The number of thiophene rings is 1. The number of esters is 1. The molecule has 1 aliphatic rings. The van der Waals surface area contributed by atoms with Gasteiger partial charge in [0.15, 0.2) is 0 Å². The topological polar surface area (TPSA) is 72.5 Å². The number of carbonyl (C=O) groups excluding carboxylic acids is 1. The number of sulfonamides is 1. The van der Waals surface area contributed by atoms with Crippen LogP contribution in [0.5, 0.6) is 5.75 Å². The van der Waals surface area contributed by atoms with Gasteiger partial charge in [-0.25, -0.2) is 13.1 Å². The van der Waals surface area contributed by atoms with Crippen molar-refractivity contribution in [2.24, 2.45) is 5.92 Å². The Morgan fingerprint density at radius 3 is 2.47 bits per heavy atom. The Labute approximate surface area is 229 Å². The number of benzene rings is 2. The SMILES string of the molecule is CCCC1Cc2cc(OC(=O)Cc3ccc(C(F)(F)F)cc3)ccc2CCC1NS(=O)(=O)c1ccc(Cl)s1. The molecule has 2 atom stereocenters. The predicted molar refractivity (Wildman–Crippen MR) is 141 cm³/mol. The van der Waals surface area contributed by atoms with Crippen molar-refractivity contribution < 1.29 is 31.1 Å². The predicted octanol–water partition coefficient (Wildman–Crippen LogP) is 6.82. The van der Waals surface area contributed by atoms with Gasteiger partial charge in [-0.3, -0.25) is 4.79 Å². The molecule has 1 aromatic heterocycles. The summed E-state index contributed by atoms with van der Waals surface area (Å²) in [6.45, 7) is 2.05. The van der Waals surface area contributed by atoms with Crippen LogP contribution in [0.2, 0.25) is 4.34 Å². The maximum Gasteiger partial charge on any atom is 0.416 e. The highest BCUT2D eigenvalue weighted by Crippen LogP contribution is 2.33. The first-order valence-electron chi connectivity index (χ1n) is 12.2. The molecule has 5 nitrogen and oxygen atoms in total. The molecule has 0 aliphatic heterocycles. The number of hydrogen-bond acceptors (Lipinski definition) is 5. The molecule has 2 aromatic carbocycles. The minimum absolute atomic E-state index is 0.0459. The molecule has 1 heterocycles. The van der Waals surface area contributed by atoms with E-state index >= 15 is 0 Å². The van der Waals surface area contributed by atoms with Crippen LogP contribution in [0, 0.1) is 5.92 Å². The highest BCUT2D eigenvalue weighted by molar-refractivity contribution is 7.91. The maximum absolute atomic E-state index is 13.0. The van der Waals surface area contributed by atoms with Crippen molar-refractivity contribution in [2.45, 2.75) is 61.9 Å². The molecule has 204 valence electrons. The first kappa shape index (κ1) is 28.6. The molecule has 0 spiro atoms. The van der Waals surface area contributed by atoms with Crippen LogP contribution in [-0.2, 0) is 40.3 Å². The third-order valence-electron chi connectivity index (χ3n) is 6.59. The van der Waals surface area contributed by atoms with E-state index in [2.05, 4.69) is 11.6 Å². The van der Waals surface area contributed by atoms with Crippen molar-refractivity contribution in [3.05, 3.63) is 81.2 Å².